The van der Waals surface area contributed by atoms with Gasteiger partial charge in [-0.2, -0.15) is 0 Å². The number of nitrogens with zero attached hydrogens (tertiary/aromatic N) is 6. The van der Waals surface area contributed by atoms with Crippen LogP contribution in [0, 0.1) is 6.92 Å². The Balaban J connectivity index is 0.00000306. The van der Waals surface area contributed by atoms with E-state index in [0.29, 0.717) is 40.2 Å². The van der Waals surface area contributed by atoms with Crippen LogP contribution >= 0.6 is 0 Å². The molecule has 0 saturated carbocycles. The van der Waals surface area contributed by atoms with Gasteiger partial charge in [-0.3, -0.25) is 9.89 Å². The Morgan fingerprint density at radius 1 is 1.30 bits per heavy atom. The van der Waals surface area contributed by atoms with E-state index < -0.39 is 0 Å². The van der Waals surface area contributed by atoms with Crippen LogP contribution in [0.1, 0.15) is 12.0 Å². The number of rotatable bonds is 7. The van der Waals surface area contributed by atoms with Crippen LogP contribution in [0.2, 0.25) is 0 Å². The second-order valence-corrected chi connectivity index (χ2v) is 7.35. The molecule has 1 atom stereocenters. The van der Waals surface area contributed by atoms with Gasteiger partial charge in [0.15, 0.2) is 12.1 Å². The van der Waals surface area contributed by atoms with Gasteiger partial charge in [-0.25, -0.2) is 15.0 Å². The minimum atomic E-state index is -0.135. The monoisotopic (exact) mass is 471 g/mol. The molecule has 3 heterocycles. The van der Waals surface area contributed by atoms with Gasteiger partial charge in [0.1, 0.15) is 17.3 Å². The number of nitrogens with two attached hydrogens (primary N) is 2. The van der Waals surface area contributed by atoms with Crippen molar-refractivity contribution in [2.24, 2.45) is 26.4 Å². The number of benzene rings is 1. The number of nitrogens with one attached hydrogen (secondary N) is 1. The fourth-order valence-corrected chi connectivity index (χ4v) is 3.34. The molecule has 1 saturated heterocycles. The van der Waals surface area contributed by atoms with E-state index >= 15 is 0 Å². The van der Waals surface area contributed by atoms with Crippen molar-refractivity contribution in [2.75, 3.05) is 20.1 Å². The standard InChI is InChI=1S/C22H26N9O.K/c1-14-10-15(4-5-18(14)32-16-6-7-26-19(11-16)28-13-23)29-21(24)20-17(25-2)12-27-22(30-20)31-8-3-9-31;/h4-7,10-13,22,30H,3,8-9H2,1-2H3,(H2,24,29)(H2,23,26,28);/q-1;+1. The van der Waals surface area contributed by atoms with Gasteiger partial charge in [-0.15, -0.1) is 7.05 Å². The number of amidine groups is 1. The van der Waals surface area contributed by atoms with Crippen molar-refractivity contribution in [3.05, 3.63) is 58.8 Å². The molecule has 2 aliphatic rings. The first-order valence-electron chi connectivity index (χ1n) is 10.3. The number of hydrogen-bond donors (Lipinski definition) is 3. The summed E-state index contributed by atoms with van der Waals surface area (Å²) < 4.78 is 5.97. The summed E-state index contributed by atoms with van der Waals surface area (Å²) in [5, 5.41) is 7.63. The first kappa shape index (κ1) is 25.3. The van der Waals surface area contributed by atoms with Crippen LogP contribution in [0.5, 0.6) is 11.5 Å². The molecule has 166 valence electrons. The predicted molar refractivity (Wildman–Crippen MR) is 127 cm³/mol. The van der Waals surface area contributed by atoms with Gasteiger partial charge < -0.3 is 26.8 Å². The average Bonchev–Trinajstić information content (AvgIpc) is 2.75. The maximum atomic E-state index is 6.35. The number of aliphatic imine (C=N–C) groups is 3. The summed E-state index contributed by atoms with van der Waals surface area (Å²) in [5.41, 5.74) is 14.7. The van der Waals surface area contributed by atoms with Gasteiger partial charge in [0.05, 0.1) is 17.7 Å². The summed E-state index contributed by atoms with van der Waals surface area (Å²) in [6, 6.07) is 9.08. The van der Waals surface area contributed by atoms with Crippen LogP contribution in [0.3, 0.4) is 0 Å². The van der Waals surface area contributed by atoms with Crippen molar-refractivity contribution in [3.63, 3.8) is 0 Å². The third-order valence-corrected chi connectivity index (χ3v) is 5.16. The first-order chi connectivity index (χ1) is 15.6. The Bertz CT molecular complexity index is 1110. The molecule has 0 radical (unpaired) electrons. The molecule has 2 aromatic rings. The van der Waals surface area contributed by atoms with Crippen LogP contribution in [0.4, 0.5) is 11.5 Å². The molecular weight excluding hydrogens is 445 g/mol. The Labute approximate surface area is 235 Å². The van der Waals surface area contributed by atoms with E-state index in [4.69, 9.17) is 16.2 Å². The van der Waals surface area contributed by atoms with Crippen LogP contribution in [0.15, 0.2) is 62.9 Å². The Morgan fingerprint density at radius 2 is 2.12 bits per heavy atom. The molecule has 10 nitrogen and oxygen atoms in total. The van der Waals surface area contributed by atoms with Crippen LogP contribution < -0.4 is 72.9 Å². The van der Waals surface area contributed by atoms with Crippen molar-refractivity contribution in [2.45, 2.75) is 19.6 Å². The molecule has 1 aromatic carbocycles. The smallest absolute Gasteiger partial charge is 0.684 e. The van der Waals surface area contributed by atoms with Crippen LogP contribution in [-0.4, -0.2) is 54.7 Å². The molecule has 1 aromatic heterocycles. The summed E-state index contributed by atoms with van der Waals surface area (Å²) in [6.07, 6.45) is 5.60. The molecular formula is C22H26KN9O. The Hall–Kier alpha value is -2.28. The Morgan fingerprint density at radius 3 is 2.79 bits per heavy atom. The van der Waals surface area contributed by atoms with Crippen molar-refractivity contribution in [3.8, 4) is 11.5 Å². The molecule has 1 fully saturated rings. The Kier molecular flexibility index (Phi) is 9.00. The topological polar surface area (TPSA) is 141 Å². The summed E-state index contributed by atoms with van der Waals surface area (Å²) in [5.74, 6) is 2.14. The zero-order chi connectivity index (χ0) is 22.5. The predicted octanol–water partition coefficient (Wildman–Crippen LogP) is -0.328. The number of aryl methyl sites for hydroxylation is 1. The van der Waals surface area contributed by atoms with Crippen LogP contribution in [-0.2, 0) is 0 Å². The number of pyridine rings is 1. The van der Waals surface area contributed by atoms with E-state index in [1.54, 1.807) is 31.6 Å². The van der Waals surface area contributed by atoms with Gasteiger partial charge in [0.25, 0.3) is 0 Å². The summed E-state index contributed by atoms with van der Waals surface area (Å²) in [4.78, 5) is 19.4. The second kappa shape index (κ2) is 11.7. The zero-order valence-corrected chi connectivity index (χ0v) is 22.2. The number of hydrogen-bond acceptors (Lipinski definition) is 7. The van der Waals surface area contributed by atoms with E-state index in [1.165, 1.54) is 12.8 Å². The third kappa shape index (κ3) is 6.19. The molecule has 1 unspecified atom stereocenters. The van der Waals surface area contributed by atoms with E-state index in [9.17, 15) is 0 Å². The summed E-state index contributed by atoms with van der Waals surface area (Å²) in [7, 11) is 1.71. The molecule has 2 aliphatic heterocycles. The molecule has 11 heteroatoms. The van der Waals surface area contributed by atoms with Crippen molar-refractivity contribution >= 4 is 29.9 Å². The van der Waals surface area contributed by atoms with Crippen molar-refractivity contribution in [1.29, 1.82) is 0 Å². The van der Waals surface area contributed by atoms with Crippen molar-refractivity contribution in [1.82, 2.24) is 15.2 Å². The van der Waals surface area contributed by atoms with E-state index in [1.807, 2.05) is 25.1 Å². The largest absolute Gasteiger partial charge is 1.00 e. The van der Waals surface area contributed by atoms with Crippen molar-refractivity contribution < 1.29 is 56.1 Å². The third-order valence-electron chi connectivity index (χ3n) is 5.16. The van der Waals surface area contributed by atoms with Gasteiger partial charge in [-0.05, 0) is 43.2 Å². The van der Waals surface area contributed by atoms with Gasteiger partial charge in [0, 0.05) is 31.6 Å². The molecule has 33 heavy (non-hydrogen) atoms. The molecule has 5 N–H and O–H groups in total. The fourth-order valence-electron chi connectivity index (χ4n) is 3.34. The van der Waals surface area contributed by atoms with Gasteiger partial charge >= 0.3 is 51.4 Å². The van der Waals surface area contributed by atoms with Crippen LogP contribution in [0.25, 0.3) is 5.32 Å². The molecule has 0 amide bonds. The van der Waals surface area contributed by atoms with Gasteiger partial charge in [-0.1, -0.05) is 5.70 Å². The molecule has 4 rings (SSSR count). The van der Waals surface area contributed by atoms with E-state index in [0.717, 1.165) is 18.7 Å². The fraction of sp³-hybridized carbons (Fsp3) is 0.273. The minimum Gasteiger partial charge on any atom is -0.684 e. The zero-order valence-electron chi connectivity index (χ0n) is 19.1. The number of allylic oxidation sites excluding steroid dienone is 1. The second-order valence-electron chi connectivity index (χ2n) is 7.35. The van der Waals surface area contributed by atoms with E-state index in [2.05, 4.69) is 35.5 Å². The minimum absolute atomic E-state index is 0. The number of likely N-dealkylation sites (tertiary alicyclic amines) is 1. The maximum absolute atomic E-state index is 6.35. The number of aromatic nitrogens is 1. The molecule has 0 bridgehead atoms. The van der Waals surface area contributed by atoms with Gasteiger partial charge in [0.2, 0.25) is 0 Å². The molecule has 0 aliphatic carbocycles. The summed E-state index contributed by atoms with van der Waals surface area (Å²) >= 11 is 0. The number of ether oxygens (including phenoxy) is 1. The van der Waals surface area contributed by atoms with E-state index in [-0.39, 0.29) is 57.7 Å². The average molecular weight is 472 g/mol. The quantitative estimate of drug-likeness (QED) is 0.287. The SMILES string of the molecule is C[N-]C1=C(C(N)=Nc2ccc(Oc3ccnc(N=CN)c3)c(C)c2)NC(N2CCC2)N=C1.[K+]. The maximum Gasteiger partial charge on any atom is 1.00 e. The molecule has 0 spiro atoms. The summed E-state index contributed by atoms with van der Waals surface area (Å²) in [6.45, 7) is 3.97. The first-order valence-corrected chi connectivity index (χ1v) is 10.3. The normalized spacial score (nSPS) is 18.5.